The van der Waals surface area contributed by atoms with E-state index in [9.17, 15) is 4.79 Å². The quantitative estimate of drug-likeness (QED) is 0.839. The van der Waals surface area contributed by atoms with Crippen molar-refractivity contribution in [3.63, 3.8) is 0 Å². The van der Waals surface area contributed by atoms with Crippen LogP contribution in [-0.2, 0) is 6.42 Å². The van der Waals surface area contributed by atoms with Gasteiger partial charge < -0.3 is 15.5 Å². The smallest absolute Gasteiger partial charge is 0.251 e. The van der Waals surface area contributed by atoms with Crippen molar-refractivity contribution in [3.05, 3.63) is 46.4 Å². The molecule has 0 atom stereocenters. The highest BCUT2D eigenvalue weighted by molar-refractivity contribution is 5.56. The van der Waals surface area contributed by atoms with Gasteiger partial charge >= 0.3 is 0 Å². The molecule has 0 spiro atoms. The first kappa shape index (κ1) is 14.3. The van der Waals surface area contributed by atoms with Crippen molar-refractivity contribution in [2.75, 3.05) is 13.2 Å². The molecule has 1 heterocycles. The van der Waals surface area contributed by atoms with Gasteiger partial charge in [0.25, 0.3) is 5.56 Å². The van der Waals surface area contributed by atoms with Gasteiger partial charge in [-0.1, -0.05) is 0 Å². The molecule has 20 heavy (non-hydrogen) atoms. The molecule has 5 nitrogen and oxygen atoms in total. The van der Waals surface area contributed by atoms with Crippen molar-refractivity contribution >= 4 is 0 Å². The minimum atomic E-state index is -0.143. The van der Waals surface area contributed by atoms with Crippen molar-refractivity contribution in [2.24, 2.45) is 5.73 Å². The van der Waals surface area contributed by atoms with Crippen LogP contribution in [0.4, 0.5) is 0 Å². The normalized spacial score (nSPS) is 10.5. The summed E-state index contributed by atoms with van der Waals surface area (Å²) < 4.78 is 5.39. The van der Waals surface area contributed by atoms with E-state index in [-0.39, 0.29) is 5.56 Å². The van der Waals surface area contributed by atoms with Gasteiger partial charge in [-0.3, -0.25) is 4.79 Å². The van der Waals surface area contributed by atoms with E-state index in [1.807, 2.05) is 31.2 Å². The Morgan fingerprint density at radius 2 is 2.05 bits per heavy atom. The fourth-order valence-electron chi connectivity index (χ4n) is 1.93. The Morgan fingerprint density at radius 3 is 2.70 bits per heavy atom. The van der Waals surface area contributed by atoms with Gasteiger partial charge in [-0.05, 0) is 50.6 Å². The highest BCUT2D eigenvalue weighted by atomic mass is 16.5. The van der Waals surface area contributed by atoms with Gasteiger partial charge in [-0.25, -0.2) is 4.98 Å². The van der Waals surface area contributed by atoms with Crippen LogP contribution in [0.2, 0.25) is 0 Å². The SMILES string of the molecule is CCOc1ccc(-c2nc(CCCN)cc(=O)[nH]2)cc1. The molecule has 0 amide bonds. The van der Waals surface area contributed by atoms with Crippen LogP contribution in [0.25, 0.3) is 11.4 Å². The topological polar surface area (TPSA) is 81.0 Å². The highest BCUT2D eigenvalue weighted by Crippen LogP contribution is 2.18. The van der Waals surface area contributed by atoms with E-state index in [2.05, 4.69) is 9.97 Å². The highest BCUT2D eigenvalue weighted by Gasteiger charge is 2.04. The summed E-state index contributed by atoms with van der Waals surface area (Å²) in [6.07, 6.45) is 1.53. The van der Waals surface area contributed by atoms with Crippen LogP contribution in [-0.4, -0.2) is 23.1 Å². The summed E-state index contributed by atoms with van der Waals surface area (Å²) >= 11 is 0. The molecule has 0 bridgehead atoms. The summed E-state index contributed by atoms with van der Waals surface area (Å²) in [4.78, 5) is 18.9. The maximum absolute atomic E-state index is 11.7. The van der Waals surface area contributed by atoms with Crippen molar-refractivity contribution in [1.82, 2.24) is 9.97 Å². The average molecular weight is 273 g/mol. The molecular formula is C15H19N3O2. The Balaban J connectivity index is 2.27. The molecule has 5 heteroatoms. The standard InChI is InChI=1S/C15H19N3O2/c1-2-20-13-7-5-11(6-8-13)15-17-12(4-3-9-16)10-14(19)18-15/h5-8,10H,2-4,9,16H2,1H3,(H,17,18,19). The lowest BCUT2D eigenvalue weighted by Crippen LogP contribution is -2.11. The number of aromatic nitrogens is 2. The first-order valence-electron chi connectivity index (χ1n) is 6.76. The molecule has 0 saturated carbocycles. The molecule has 0 fully saturated rings. The van der Waals surface area contributed by atoms with Crippen LogP contribution in [0.3, 0.4) is 0 Å². The first-order chi connectivity index (χ1) is 9.72. The van der Waals surface area contributed by atoms with Gasteiger partial charge in [0.15, 0.2) is 0 Å². The van der Waals surface area contributed by atoms with Crippen molar-refractivity contribution in [2.45, 2.75) is 19.8 Å². The van der Waals surface area contributed by atoms with E-state index in [0.717, 1.165) is 23.4 Å². The second-order valence-electron chi connectivity index (χ2n) is 4.43. The fraction of sp³-hybridized carbons (Fsp3) is 0.333. The minimum Gasteiger partial charge on any atom is -0.494 e. The van der Waals surface area contributed by atoms with E-state index < -0.39 is 0 Å². The Hall–Kier alpha value is -2.14. The van der Waals surface area contributed by atoms with Crippen LogP contribution >= 0.6 is 0 Å². The Bertz CT molecular complexity index is 605. The van der Waals surface area contributed by atoms with Crippen molar-refractivity contribution in [3.8, 4) is 17.1 Å². The van der Waals surface area contributed by atoms with E-state index >= 15 is 0 Å². The molecule has 0 aliphatic heterocycles. The number of H-pyrrole nitrogens is 1. The van der Waals surface area contributed by atoms with Gasteiger partial charge in [0.2, 0.25) is 0 Å². The maximum Gasteiger partial charge on any atom is 0.251 e. The van der Waals surface area contributed by atoms with Gasteiger partial charge in [-0.15, -0.1) is 0 Å². The third-order valence-corrected chi connectivity index (χ3v) is 2.87. The second kappa shape index (κ2) is 6.86. The number of ether oxygens (including phenoxy) is 1. The van der Waals surface area contributed by atoms with Crippen LogP contribution in [0, 0.1) is 0 Å². The first-order valence-corrected chi connectivity index (χ1v) is 6.76. The minimum absolute atomic E-state index is 0.143. The van der Waals surface area contributed by atoms with Crippen molar-refractivity contribution < 1.29 is 4.74 Å². The Morgan fingerprint density at radius 1 is 1.30 bits per heavy atom. The summed E-state index contributed by atoms with van der Waals surface area (Å²) in [5, 5.41) is 0. The van der Waals surface area contributed by atoms with Gasteiger partial charge in [0, 0.05) is 17.3 Å². The van der Waals surface area contributed by atoms with Gasteiger partial charge in [-0.2, -0.15) is 0 Å². The number of nitrogens with zero attached hydrogens (tertiary/aromatic N) is 1. The average Bonchev–Trinajstić information content (AvgIpc) is 2.46. The summed E-state index contributed by atoms with van der Waals surface area (Å²) in [6, 6.07) is 9.02. The van der Waals surface area contributed by atoms with Crippen LogP contribution in [0.5, 0.6) is 5.75 Å². The van der Waals surface area contributed by atoms with Gasteiger partial charge in [0.1, 0.15) is 11.6 Å². The van der Waals surface area contributed by atoms with E-state index in [4.69, 9.17) is 10.5 Å². The zero-order chi connectivity index (χ0) is 14.4. The molecule has 0 aliphatic rings. The van der Waals surface area contributed by atoms with Crippen LogP contribution < -0.4 is 16.0 Å². The van der Waals surface area contributed by atoms with E-state index in [1.54, 1.807) is 0 Å². The summed E-state index contributed by atoms with van der Waals surface area (Å²) in [5.41, 5.74) is 6.97. The number of hydrogen-bond donors (Lipinski definition) is 2. The molecule has 2 aromatic rings. The predicted octanol–water partition coefficient (Wildman–Crippen LogP) is 1.73. The number of rotatable bonds is 6. The Labute approximate surface area is 117 Å². The molecule has 2 rings (SSSR count). The third kappa shape index (κ3) is 3.68. The summed E-state index contributed by atoms with van der Waals surface area (Å²) in [6.45, 7) is 3.16. The Kier molecular flexibility index (Phi) is 4.90. The summed E-state index contributed by atoms with van der Waals surface area (Å²) in [5.74, 6) is 1.38. The molecule has 0 aliphatic carbocycles. The summed E-state index contributed by atoms with van der Waals surface area (Å²) in [7, 11) is 0. The lowest BCUT2D eigenvalue weighted by atomic mass is 10.2. The number of hydrogen-bond acceptors (Lipinski definition) is 4. The molecular weight excluding hydrogens is 254 g/mol. The molecule has 106 valence electrons. The number of nitrogens with two attached hydrogens (primary N) is 1. The van der Waals surface area contributed by atoms with E-state index in [1.165, 1.54) is 6.07 Å². The monoisotopic (exact) mass is 273 g/mol. The van der Waals surface area contributed by atoms with E-state index in [0.29, 0.717) is 25.4 Å². The lowest BCUT2D eigenvalue weighted by molar-refractivity contribution is 0.340. The predicted molar refractivity (Wildman–Crippen MR) is 78.8 cm³/mol. The fourth-order valence-corrected chi connectivity index (χ4v) is 1.93. The maximum atomic E-state index is 11.7. The largest absolute Gasteiger partial charge is 0.494 e. The molecule has 1 aromatic heterocycles. The molecule has 0 radical (unpaired) electrons. The molecule has 0 unspecified atom stereocenters. The van der Waals surface area contributed by atoms with Crippen molar-refractivity contribution in [1.29, 1.82) is 0 Å². The number of benzene rings is 1. The third-order valence-electron chi connectivity index (χ3n) is 2.87. The molecule has 3 N–H and O–H groups in total. The number of aryl methyl sites for hydroxylation is 1. The zero-order valence-electron chi connectivity index (χ0n) is 11.6. The molecule has 1 aromatic carbocycles. The van der Waals surface area contributed by atoms with Crippen LogP contribution in [0.15, 0.2) is 35.1 Å². The molecule has 0 saturated heterocycles. The lowest BCUT2D eigenvalue weighted by Gasteiger charge is -2.06. The van der Waals surface area contributed by atoms with Crippen LogP contribution in [0.1, 0.15) is 19.0 Å². The number of aromatic amines is 1. The zero-order valence-corrected chi connectivity index (χ0v) is 11.6. The second-order valence-corrected chi connectivity index (χ2v) is 4.43. The van der Waals surface area contributed by atoms with Gasteiger partial charge in [0.05, 0.1) is 6.61 Å². The number of nitrogens with one attached hydrogen (secondary N) is 1.